The van der Waals surface area contributed by atoms with E-state index in [1.54, 1.807) is 6.92 Å². The van der Waals surface area contributed by atoms with E-state index in [1.165, 1.54) is 5.56 Å². The van der Waals surface area contributed by atoms with E-state index in [4.69, 9.17) is 0 Å². The first kappa shape index (κ1) is 11.8. The second-order valence-electron chi connectivity index (χ2n) is 4.31. The van der Waals surface area contributed by atoms with E-state index in [-0.39, 0.29) is 5.78 Å². The van der Waals surface area contributed by atoms with Gasteiger partial charge in [-0.05, 0) is 37.6 Å². The number of aromatic nitrogens is 2. The molecular formula is C13H17N3O. The summed E-state index contributed by atoms with van der Waals surface area (Å²) in [4.78, 5) is 15.1. The van der Waals surface area contributed by atoms with Gasteiger partial charge in [0.25, 0.3) is 0 Å². The van der Waals surface area contributed by atoms with E-state index < -0.39 is 0 Å². The molecule has 0 atom stereocenters. The van der Waals surface area contributed by atoms with Crippen LogP contribution in [0.25, 0.3) is 11.0 Å². The molecule has 1 heterocycles. The molecule has 4 nitrogen and oxygen atoms in total. The highest BCUT2D eigenvalue weighted by Gasteiger charge is 2.01. The van der Waals surface area contributed by atoms with Gasteiger partial charge in [0, 0.05) is 7.05 Å². The van der Waals surface area contributed by atoms with E-state index in [0.717, 1.165) is 24.0 Å². The van der Waals surface area contributed by atoms with Gasteiger partial charge in [0.05, 0.1) is 23.9 Å². The van der Waals surface area contributed by atoms with Crippen molar-refractivity contribution in [1.82, 2.24) is 14.9 Å². The Labute approximate surface area is 101 Å². The number of nitrogens with zero attached hydrogens (tertiary/aromatic N) is 2. The van der Waals surface area contributed by atoms with Crippen molar-refractivity contribution in [2.75, 3.05) is 13.1 Å². The summed E-state index contributed by atoms with van der Waals surface area (Å²) in [5, 5.41) is 3.11. The Bertz CT molecular complexity index is 530. The molecule has 90 valence electrons. The van der Waals surface area contributed by atoms with Gasteiger partial charge in [-0.15, -0.1) is 0 Å². The van der Waals surface area contributed by atoms with Crippen LogP contribution in [0.5, 0.6) is 0 Å². The molecule has 2 rings (SSSR count). The Morgan fingerprint density at radius 1 is 1.47 bits per heavy atom. The van der Waals surface area contributed by atoms with Gasteiger partial charge in [-0.25, -0.2) is 4.98 Å². The predicted octanol–water partition coefficient (Wildman–Crippen LogP) is 1.29. The van der Waals surface area contributed by atoms with Crippen LogP contribution in [0.2, 0.25) is 0 Å². The first-order chi connectivity index (χ1) is 8.16. The Hall–Kier alpha value is -1.68. The number of ketones is 1. The van der Waals surface area contributed by atoms with Gasteiger partial charge in [-0.3, -0.25) is 4.79 Å². The molecule has 0 aliphatic carbocycles. The molecule has 0 saturated carbocycles. The van der Waals surface area contributed by atoms with Crippen LogP contribution < -0.4 is 5.32 Å². The van der Waals surface area contributed by atoms with Crippen molar-refractivity contribution in [3.05, 3.63) is 30.1 Å². The van der Waals surface area contributed by atoms with Crippen LogP contribution in [-0.2, 0) is 18.3 Å². The van der Waals surface area contributed by atoms with Crippen LogP contribution in [0.3, 0.4) is 0 Å². The van der Waals surface area contributed by atoms with Gasteiger partial charge in [0.1, 0.15) is 5.78 Å². The summed E-state index contributed by atoms with van der Waals surface area (Å²) in [6, 6.07) is 6.30. The number of carbonyl (C=O) groups excluding carboxylic acids is 1. The number of rotatable bonds is 5. The summed E-state index contributed by atoms with van der Waals surface area (Å²) < 4.78 is 2.01. The molecule has 0 saturated heterocycles. The molecule has 0 fully saturated rings. The maximum atomic E-state index is 10.8. The third-order valence-corrected chi connectivity index (χ3v) is 2.75. The molecule has 0 bridgehead atoms. The molecule has 0 radical (unpaired) electrons. The van der Waals surface area contributed by atoms with Gasteiger partial charge in [0.2, 0.25) is 0 Å². The van der Waals surface area contributed by atoms with Gasteiger partial charge in [-0.2, -0.15) is 0 Å². The molecule has 0 spiro atoms. The van der Waals surface area contributed by atoms with Crippen LogP contribution in [-0.4, -0.2) is 28.4 Å². The second kappa shape index (κ2) is 5.10. The summed E-state index contributed by atoms with van der Waals surface area (Å²) in [5.41, 5.74) is 3.41. The zero-order valence-electron chi connectivity index (χ0n) is 10.2. The van der Waals surface area contributed by atoms with Gasteiger partial charge in [0.15, 0.2) is 0 Å². The average molecular weight is 231 g/mol. The number of hydrogen-bond donors (Lipinski definition) is 1. The Balaban J connectivity index is 1.97. The monoisotopic (exact) mass is 231 g/mol. The highest BCUT2D eigenvalue weighted by Crippen LogP contribution is 2.13. The Morgan fingerprint density at radius 2 is 2.29 bits per heavy atom. The molecule has 1 N–H and O–H groups in total. The molecule has 4 heteroatoms. The standard InChI is InChI=1S/C13H17N3O/c1-10(17)8-14-6-5-11-3-4-13-12(7-11)15-9-16(13)2/h3-4,7,9,14H,5-6,8H2,1-2H3. The van der Waals surface area contributed by atoms with Crippen LogP contribution in [0.4, 0.5) is 0 Å². The Kier molecular flexibility index (Phi) is 3.54. The summed E-state index contributed by atoms with van der Waals surface area (Å²) in [6.45, 7) is 2.86. The first-order valence-electron chi connectivity index (χ1n) is 5.77. The van der Waals surface area contributed by atoms with Gasteiger partial charge < -0.3 is 9.88 Å². The minimum absolute atomic E-state index is 0.171. The fourth-order valence-corrected chi connectivity index (χ4v) is 1.83. The normalized spacial score (nSPS) is 10.9. The van der Waals surface area contributed by atoms with Crippen LogP contribution in [0.1, 0.15) is 12.5 Å². The number of benzene rings is 1. The number of carbonyl (C=O) groups is 1. The number of hydrogen-bond acceptors (Lipinski definition) is 3. The third kappa shape index (κ3) is 2.91. The number of imidazole rings is 1. The maximum absolute atomic E-state index is 10.8. The van der Waals surface area contributed by atoms with Crippen molar-refractivity contribution in [1.29, 1.82) is 0 Å². The second-order valence-corrected chi connectivity index (χ2v) is 4.31. The van der Waals surface area contributed by atoms with Crippen molar-refractivity contribution in [3.63, 3.8) is 0 Å². The zero-order valence-corrected chi connectivity index (χ0v) is 10.2. The van der Waals surface area contributed by atoms with Crippen LogP contribution in [0, 0.1) is 0 Å². The minimum Gasteiger partial charge on any atom is -0.334 e. The summed E-state index contributed by atoms with van der Waals surface area (Å²) in [5.74, 6) is 0.171. The molecule has 1 aromatic heterocycles. The van der Waals surface area contributed by atoms with E-state index in [2.05, 4.69) is 28.5 Å². The molecule has 2 aromatic rings. The van der Waals surface area contributed by atoms with Gasteiger partial charge >= 0.3 is 0 Å². The smallest absolute Gasteiger partial charge is 0.143 e. The summed E-state index contributed by atoms with van der Waals surface area (Å²) in [7, 11) is 1.99. The average Bonchev–Trinajstić information content (AvgIpc) is 2.66. The first-order valence-corrected chi connectivity index (χ1v) is 5.77. The van der Waals surface area contributed by atoms with Crippen LogP contribution in [0.15, 0.2) is 24.5 Å². The molecule has 0 amide bonds. The maximum Gasteiger partial charge on any atom is 0.143 e. The zero-order chi connectivity index (χ0) is 12.3. The number of nitrogens with one attached hydrogen (secondary N) is 1. The lowest BCUT2D eigenvalue weighted by Crippen LogP contribution is -2.23. The molecule has 0 aliphatic heterocycles. The number of aryl methyl sites for hydroxylation is 1. The van der Waals surface area contributed by atoms with E-state index in [1.807, 2.05) is 17.9 Å². The highest BCUT2D eigenvalue weighted by molar-refractivity contribution is 5.77. The highest BCUT2D eigenvalue weighted by atomic mass is 16.1. The van der Waals surface area contributed by atoms with Crippen molar-refractivity contribution in [2.45, 2.75) is 13.3 Å². The minimum atomic E-state index is 0.171. The fraction of sp³-hybridized carbons (Fsp3) is 0.385. The lowest BCUT2D eigenvalue weighted by Gasteiger charge is -2.03. The van der Waals surface area contributed by atoms with E-state index in [0.29, 0.717) is 6.54 Å². The Morgan fingerprint density at radius 3 is 3.06 bits per heavy atom. The lowest BCUT2D eigenvalue weighted by molar-refractivity contribution is -0.116. The molecular weight excluding hydrogens is 214 g/mol. The van der Waals surface area contributed by atoms with E-state index in [9.17, 15) is 4.79 Å². The summed E-state index contributed by atoms with van der Waals surface area (Å²) in [6.07, 6.45) is 2.74. The fourth-order valence-electron chi connectivity index (χ4n) is 1.83. The van der Waals surface area contributed by atoms with Crippen molar-refractivity contribution in [2.24, 2.45) is 7.05 Å². The van der Waals surface area contributed by atoms with Gasteiger partial charge in [-0.1, -0.05) is 6.07 Å². The van der Waals surface area contributed by atoms with Crippen molar-refractivity contribution >= 4 is 16.8 Å². The summed E-state index contributed by atoms with van der Waals surface area (Å²) >= 11 is 0. The van der Waals surface area contributed by atoms with E-state index >= 15 is 0 Å². The molecule has 17 heavy (non-hydrogen) atoms. The third-order valence-electron chi connectivity index (χ3n) is 2.75. The largest absolute Gasteiger partial charge is 0.334 e. The number of fused-ring (bicyclic) bond motifs is 1. The molecule has 0 unspecified atom stereocenters. The topological polar surface area (TPSA) is 46.9 Å². The quantitative estimate of drug-likeness (QED) is 0.789. The van der Waals surface area contributed by atoms with Crippen LogP contribution >= 0.6 is 0 Å². The van der Waals surface area contributed by atoms with Crippen molar-refractivity contribution < 1.29 is 4.79 Å². The number of Topliss-reactive ketones (excluding diaryl/α,β-unsaturated/α-hetero) is 1. The predicted molar refractivity (Wildman–Crippen MR) is 68.0 cm³/mol. The molecule has 0 aliphatic rings. The van der Waals surface area contributed by atoms with Crippen molar-refractivity contribution in [3.8, 4) is 0 Å². The SMILES string of the molecule is CC(=O)CNCCc1ccc2c(c1)ncn2C. The molecule has 1 aromatic carbocycles. The lowest BCUT2D eigenvalue weighted by atomic mass is 10.1.